The standard InChI is InChI=1S/C6H5O5S.2K/c7-4-1-2-5(8)6(3-4)12(9,10)11;;/h2-3,7-8H,(H,9,10,11);;/q-1;2*+1/p-1. The van der Waals surface area contributed by atoms with Crippen molar-refractivity contribution in [3.05, 3.63) is 18.2 Å². The first-order chi connectivity index (χ1) is 5.41. The van der Waals surface area contributed by atoms with Crippen LogP contribution in [-0.2, 0) is 10.1 Å². The molecule has 0 amide bonds. The summed E-state index contributed by atoms with van der Waals surface area (Å²) in [6.45, 7) is 0. The van der Waals surface area contributed by atoms with Crippen LogP contribution in [0.2, 0.25) is 0 Å². The molecule has 1 rings (SSSR count). The maximum Gasteiger partial charge on any atom is 1.00 e. The Morgan fingerprint density at radius 3 is 2.14 bits per heavy atom. The van der Waals surface area contributed by atoms with Crippen LogP contribution in [0.5, 0.6) is 11.5 Å². The summed E-state index contributed by atoms with van der Waals surface area (Å²) in [5.74, 6) is -1.23. The van der Waals surface area contributed by atoms with E-state index in [2.05, 4.69) is 6.07 Å². The normalized spacial score (nSPS) is 9.79. The van der Waals surface area contributed by atoms with E-state index in [0.29, 0.717) is 6.07 Å². The third-order valence-electron chi connectivity index (χ3n) is 1.15. The van der Waals surface area contributed by atoms with Gasteiger partial charge in [0.05, 0.1) is 0 Å². The van der Waals surface area contributed by atoms with Crippen molar-refractivity contribution in [3.63, 3.8) is 0 Å². The minimum atomic E-state index is -4.74. The maximum absolute atomic E-state index is 10.4. The summed E-state index contributed by atoms with van der Waals surface area (Å²) in [5, 5.41) is 17.6. The molecule has 0 spiro atoms. The molecule has 1 aromatic rings. The van der Waals surface area contributed by atoms with Gasteiger partial charge >= 0.3 is 103 Å². The van der Waals surface area contributed by atoms with Crippen molar-refractivity contribution >= 4 is 10.1 Å². The second kappa shape index (κ2) is 7.35. The van der Waals surface area contributed by atoms with Gasteiger partial charge in [-0.15, -0.1) is 18.2 Å². The molecule has 1 aromatic carbocycles. The predicted molar refractivity (Wildman–Crippen MR) is 36.6 cm³/mol. The van der Waals surface area contributed by atoms with Crippen LogP contribution < -0.4 is 103 Å². The van der Waals surface area contributed by atoms with E-state index in [-0.39, 0.29) is 103 Å². The van der Waals surface area contributed by atoms with Crippen LogP contribution in [0.1, 0.15) is 0 Å². The van der Waals surface area contributed by atoms with Crippen LogP contribution in [0.15, 0.2) is 17.0 Å². The predicted octanol–water partition coefficient (Wildman–Crippen LogP) is -6.19. The van der Waals surface area contributed by atoms with Gasteiger partial charge in [0.25, 0.3) is 0 Å². The van der Waals surface area contributed by atoms with Gasteiger partial charge in [0.1, 0.15) is 10.1 Å². The molecule has 14 heavy (non-hydrogen) atoms. The Hall–Kier alpha value is 2.00. The van der Waals surface area contributed by atoms with E-state index >= 15 is 0 Å². The molecule has 0 aliphatic carbocycles. The second-order valence-corrected chi connectivity index (χ2v) is 3.37. The van der Waals surface area contributed by atoms with Gasteiger partial charge in [-0.2, -0.15) is 0 Å². The number of rotatable bonds is 1. The van der Waals surface area contributed by atoms with Crippen molar-refractivity contribution in [2.24, 2.45) is 0 Å². The van der Waals surface area contributed by atoms with Crippen molar-refractivity contribution in [1.82, 2.24) is 0 Å². The van der Waals surface area contributed by atoms with Gasteiger partial charge in [-0.1, -0.05) is 0 Å². The van der Waals surface area contributed by atoms with E-state index in [1.165, 1.54) is 0 Å². The molecule has 0 heterocycles. The van der Waals surface area contributed by atoms with Gasteiger partial charge in [0, 0.05) is 11.5 Å². The first-order valence-corrected chi connectivity index (χ1v) is 4.21. The zero-order valence-corrected chi connectivity index (χ0v) is 14.7. The largest absolute Gasteiger partial charge is 1.00 e. The summed E-state index contributed by atoms with van der Waals surface area (Å²) in [5.41, 5.74) is 0. The Kier molecular flexibility index (Phi) is 9.65. The molecular formula is C6H4K2O5S. The number of benzene rings is 1. The average molecular weight is 266 g/mol. The van der Waals surface area contributed by atoms with E-state index in [1.54, 1.807) is 0 Å². The zero-order chi connectivity index (χ0) is 9.35. The van der Waals surface area contributed by atoms with Crippen molar-refractivity contribution in [2.45, 2.75) is 4.90 Å². The summed E-state index contributed by atoms with van der Waals surface area (Å²) in [4.78, 5) is -0.848. The number of hydrogen-bond acceptors (Lipinski definition) is 5. The Bertz CT molecular complexity index is 403. The van der Waals surface area contributed by atoms with Gasteiger partial charge in [0.2, 0.25) is 0 Å². The SMILES string of the molecule is O=S(=O)([O-])c1cc(O)[c-]cc1O.[K+].[K+]. The topological polar surface area (TPSA) is 97.7 Å². The molecule has 8 heteroatoms. The van der Waals surface area contributed by atoms with Gasteiger partial charge in [-0.3, -0.25) is 0 Å². The van der Waals surface area contributed by atoms with Crippen molar-refractivity contribution in [3.8, 4) is 11.5 Å². The quantitative estimate of drug-likeness (QED) is 0.228. The third-order valence-corrected chi connectivity index (χ3v) is 2.01. The Morgan fingerprint density at radius 2 is 1.79 bits per heavy atom. The minimum Gasteiger partial charge on any atom is -0.746 e. The molecule has 0 aromatic heterocycles. The zero-order valence-electron chi connectivity index (χ0n) is 7.68. The third kappa shape index (κ3) is 5.37. The monoisotopic (exact) mass is 266 g/mol. The Balaban J connectivity index is 0. The van der Waals surface area contributed by atoms with Gasteiger partial charge in [-0.05, 0) is 4.90 Å². The summed E-state index contributed by atoms with van der Waals surface area (Å²) < 4.78 is 31.1. The van der Waals surface area contributed by atoms with Crippen LogP contribution in [0.3, 0.4) is 0 Å². The molecule has 0 aliphatic heterocycles. The molecule has 0 bridgehead atoms. The van der Waals surface area contributed by atoms with Crippen molar-refractivity contribution in [1.29, 1.82) is 0 Å². The Labute approximate surface area is 166 Å². The Morgan fingerprint density at radius 1 is 1.29 bits per heavy atom. The fourth-order valence-electron chi connectivity index (χ4n) is 0.653. The van der Waals surface area contributed by atoms with Gasteiger partial charge in [0.15, 0.2) is 0 Å². The van der Waals surface area contributed by atoms with E-state index < -0.39 is 26.5 Å². The fourth-order valence-corrected chi connectivity index (χ4v) is 1.22. The van der Waals surface area contributed by atoms with Crippen LogP contribution in [0.25, 0.3) is 0 Å². The summed E-state index contributed by atoms with van der Waals surface area (Å²) in [6, 6.07) is 3.56. The molecule has 0 unspecified atom stereocenters. The summed E-state index contributed by atoms with van der Waals surface area (Å²) >= 11 is 0. The maximum atomic E-state index is 10.4. The number of hydrogen-bond donors (Lipinski definition) is 2. The summed E-state index contributed by atoms with van der Waals surface area (Å²) in [6.07, 6.45) is 0. The van der Waals surface area contributed by atoms with E-state index in [0.717, 1.165) is 6.07 Å². The average Bonchev–Trinajstić information content (AvgIpc) is 1.92. The molecule has 0 atom stereocenters. The molecule has 66 valence electrons. The van der Waals surface area contributed by atoms with E-state index in [4.69, 9.17) is 10.2 Å². The second-order valence-electron chi connectivity index (χ2n) is 2.02. The molecule has 0 aliphatic rings. The van der Waals surface area contributed by atoms with Gasteiger partial charge < -0.3 is 14.8 Å². The van der Waals surface area contributed by atoms with Crippen molar-refractivity contribution in [2.75, 3.05) is 0 Å². The fraction of sp³-hybridized carbons (Fsp3) is 0. The number of phenolic OH excluding ortho intramolecular Hbond substituents is 2. The van der Waals surface area contributed by atoms with Crippen LogP contribution in [-0.4, -0.2) is 23.2 Å². The first-order valence-electron chi connectivity index (χ1n) is 2.81. The van der Waals surface area contributed by atoms with Crippen LogP contribution >= 0.6 is 0 Å². The molecule has 0 saturated carbocycles. The van der Waals surface area contributed by atoms with Gasteiger partial charge in [-0.25, -0.2) is 8.42 Å². The molecule has 0 fully saturated rings. The molecule has 0 radical (unpaired) electrons. The molecular weight excluding hydrogens is 262 g/mol. The number of aromatic hydroxyl groups is 2. The smallest absolute Gasteiger partial charge is 0.746 e. The van der Waals surface area contributed by atoms with Crippen LogP contribution in [0.4, 0.5) is 0 Å². The molecule has 2 N–H and O–H groups in total. The molecule has 5 nitrogen and oxygen atoms in total. The van der Waals surface area contributed by atoms with Crippen molar-refractivity contribution < 1.29 is 126 Å². The van der Waals surface area contributed by atoms with E-state index in [9.17, 15) is 13.0 Å². The van der Waals surface area contributed by atoms with E-state index in [1.807, 2.05) is 0 Å². The van der Waals surface area contributed by atoms with Crippen LogP contribution in [0, 0.1) is 6.07 Å². The number of phenols is 2. The first kappa shape index (κ1) is 18.4. The summed E-state index contributed by atoms with van der Waals surface area (Å²) in [7, 11) is -4.74. The minimum absolute atomic E-state index is 0. The molecule has 0 saturated heterocycles.